The van der Waals surface area contributed by atoms with Crippen LogP contribution in [0.25, 0.3) is 0 Å². The lowest BCUT2D eigenvalue weighted by atomic mass is 10.0. The fraction of sp³-hybridized carbons (Fsp3) is 0.667. The highest BCUT2D eigenvalue weighted by molar-refractivity contribution is 5.14. The van der Waals surface area contributed by atoms with Crippen LogP contribution in [0.4, 0.5) is 0 Å². The summed E-state index contributed by atoms with van der Waals surface area (Å²) in [5, 5.41) is 3.11. The molecular weight excluding hydrogens is 202 g/mol. The molecule has 2 heterocycles. The molecule has 88 valence electrons. The molecule has 0 radical (unpaired) electrons. The molecule has 0 aliphatic carbocycles. The molecule has 1 aromatic rings. The van der Waals surface area contributed by atoms with E-state index >= 15 is 0 Å². The van der Waals surface area contributed by atoms with E-state index in [4.69, 9.17) is 4.74 Å². The van der Waals surface area contributed by atoms with Crippen LogP contribution in [-0.4, -0.2) is 23.6 Å². The van der Waals surface area contributed by atoms with Crippen LogP contribution in [0, 0.1) is 6.92 Å². The molecule has 4 heteroatoms. The van der Waals surface area contributed by atoms with E-state index in [0.717, 1.165) is 43.2 Å². The Labute approximate surface area is 96.4 Å². The summed E-state index contributed by atoms with van der Waals surface area (Å²) in [6.07, 6.45) is 2.10. The largest absolute Gasteiger partial charge is 0.367 e. The molecule has 1 aliphatic heterocycles. The smallest absolute Gasteiger partial charge is 0.160 e. The second-order valence-corrected chi connectivity index (χ2v) is 4.54. The summed E-state index contributed by atoms with van der Waals surface area (Å²) >= 11 is 0. The van der Waals surface area contributed by atoms with Gasteiger partial charge in [-0.3, -0.25) is 0 Å². The second kappa shape index (κ2) is 4.47. The van der Waals surface area contributed by atoms with Crippen molar-refractivity contribution in [2.75, 3.05) is 13.7 Å². The topological polar surface area (TPSA) is 47.0 Å². The lowest BCUT2D eigenvalue weighted by Crippen LogP contribution is -2.25. The molecule has 16 heavy (non-hydrogen) atoms. The Morgan fingerprint density at radius 1 is 1.50 bits per heavy atom. The number of rotatable bonds is 3. The number of hydrogen-bond acceptors (Lipinski definition) is 4. The first-order valence-electron chi connectivity index (χ1n) is 5.78. The van der Waals surface area contributed by atoms with Crippen molar-refractivity contribution >= 4 is 0 Å². The third-order valence-electron chi connectivity index (χ3n) is 2.96. The van der Waals surface area contributed by atoms with Gasteiger partial charge in [0.2, 0.25) is 0 Å². The molecule has 4 nitrogen and oxygen atoms in total. The minimum Gasteiger partial charge on any atom is -0.367 e. The summed E-state index contributed by atoms with van der Waals surface area (Å²) in [5.74, 6) is 0.829. The van der Waals surface area contributed by atoms with Gasteiger partial charge in [-0.25, -0.2) is 9.97 Å². The maximum atomic E-state index is 5.77. The zero-order chi connectivity index (χ0) is 11.6. The van der Waals surface area contributed by atoms with Gasteiger partial charge in [0.15, 0.2) is 5.82 Å². The molecule has 2 rings (SSSR count). The van der Waals surface area contributed by atoms with E-state index in [1.165, 1.54) is 0 Å². The maximum absolute atomic E-state index is 5.77. The number of aromatic nitrogens is 2. The fourth-order valence-electron chi connectivity index (χ4n) is 2.10. The first-order chi connectivity index (χ1) is 7.64. The number of nitrogens with one attached hydrogen (secondary N) is 1. The molecular formula is C12H19N3O. The number of hydrogen-bond donors (Lipinski definition) is 1. The van der Waals surface area contributed by atoms with E-state index in [0.29, 0.717) is 0 Å². The quantitative estimate of drug-likeness (QED) is 0.841. The summed E-state index contributed by atoms with van der Waals surface area (Å²) in [7, 11) is 1.92. The predicted octanol–water partition coefficient (Wildman–Crippen LogP) is 1.53. The molecule has 1 aliphatic rings. The monoisotopic (exact) mass is 221 g/mol. The SMILES string of the molecule is CNCc1cc(C)nc(C2(C)CCCO2)n1. The molecule has 0 saturated carbocycles. The molecule has 0 amide bonds. The first-order valence-corrected chi connectivity index (χ1v) is 5.78. The zero-order valence-corrected chi connectivity index (χ0v) is 10.2. The van der Waals surface area contributed by atoms with Crippen LogP contribution < -0.4 is 5.32 Å². The number of nitrogens with zero attached hydrogens (tertiary/aromatic N) is 2. The standard InChI is InChI=1S/C12H19N3O/c1-9-7-10(8-13-3)15-11(14-9)12(2)5-4-6-16-12/h7,13H,4-6,8H2,1-3H3. The fourth-order valence-corrected chi connectivity index (χ4v) is 2.10. The van der Waals surface area contributed by atoms with E-state index < -0.39 is 0 Å². The van der Waals surface area contributed by atoms with E-state index in [1.54, 1.807) is 0 Å². The number of aryl methyl sites for hydroxylation is 1. The van der Waals surface area contributed by atoms with Crippen LogP contribution in [0.5, 0.6) is 0 Å². The minimum atomic E-state index is -0.283. The maximum Gasteiger partial charge on any atom is 0.160 e. The molecule has 0 spiro atoms. The van der Waals surface area contributed by atoms with Crippen molar-refractivity contribution in [2.24, 2.45) is 0 Å². The highest BCUT2D eigenvalue weighted by atomic mass is 16.5. The minimum absolute atomic E-state index is 0.283. The van der Waals surface area contributed by atoms with Crippen molar-refractivity contribution in [3.63, 3.8) is 0 Å². The Balaban J connectivity index is 2.32. The molecule has 1 aromatic heterocycles. The van der Waals surface area contributed by atoms with Crippen molar-refractivity contribution in [1.82, 2.24) is 15.3 Å². The third kappa shape index (κ3) is 2.23. The highest BCUT2D eigenvalue weighted by Crippen LogP contribution is 2.33. The summed E-state index contributed by atoms with van der Waals surface area (Å²) in [6, 6.07) is 2.01. The normalized spacial score (nSPS) is 24.9. The van der Waals surface area contributed by atoms with Gasteiger partial charge in [-0.05, 0) is 39.8 Å². The van der Waals surface area contributed by atoms with Crippen molar-refractivity contribution in [2.45, 2.75) is 38.8 Å². The van der Waals surface area contributed by atoms with Crippen LogP contribution in [0.3, 0.4) is 0 Å². The zero-order valence-electron chi connectivity index (χ0n) is 10.2. The van der Waals surface area contributed by atoms with Crippen molar-refractivity contribution in [1.29, 1.82) is 0 Å². The van der Waals surface area contributed by atoms with E-state index in [1.807, 2.05) is 20.0 Å². The molecule has 1 unspecified atom stereocenters. The van der Waals surface area contributed by atoms with Crippen molar-refractivity contribution < 1.29 is 4.74 Å². The summed E-state index contributed by atoms with van der Waals surface area (Å²) in [4.78, 5) is 9.08. The van der Waals surface area contributed by atoms with Gasteiger partial charge < -0.3 is 10.1 Å². The predicted molar refractivity (Wildman–Crippen MR) is 62.1 cm³/mol. The summed E-state index contributed by atoms with van der Waals surface area (Å²) in [6.45, 7) is 5.67. The molecule has 0 aromatic carbocycles. The van der Waals surface area contributed by atoms with Crippen LogP contribution in [0.15, 0.2) is 6.07 Å². The van der Waals surface area contributed by atoms with Crippen LogP contribution in [0.1, 0.15) is 37.0 Å². The lowest BCUT2D eigenvalue weighted by molar-refractivity contribution is 0.00900. The van der Waals surface area contributed by atoms with Gasteiger partial charge in [-0.2, -0.15) is 0 Å². The molecule has 1 atom stereocenters. The summed E-state index contributed by atoms with van der Waals surface area (Å²) in [5.41, 5.74) is 1.75. The summed E-state index contributed by atoms with van der Waals surface area (Å²) < 4.78 is 5.77. The Hall–Kier alpha value is -1.00. The highest BCUT2D eigenvalue weighted by Gasteiger charge is 2.34. The molecule has 0 bridgehead atoms. The Bertz CT molecular complexity index is 373. The van der Waals surface area contributed by atoms with Gasteiger partial charge >= 0.3 is 0 Å². The average molecular weight is 221 g/mol. The van der Waals surface area contributed by atoms with Gasteiger partial charge in [0.1, 0.15) is 5.60 Å². The molecule has 1 N–H and O–H groups in total. The Morgan fingerprint density at radius 3 is 2.94 bits per heavy atom. The molecule has 1 saturated heterocycles. The van der Waals surface area contributed by atoms with Crippen LogP contribution >= 0.6 is 0 Å². The van der Waals surface area contributed by atoms with Crippen LogP contribution in [-0.2, 0) is 16.9 Å². The van der Waals surface area contributed by atoms with Crippen molar-refractivity contribution in [3.05, 3.63) is 23.3 Å². The number of ether oxygens (including phenoxy) is 1. The second-order valence-electron chi connectivity index (χ2n) is 4.54. The lowest BCUT2D eigenvalue weighted by Gasteiger charge is -2.22. The Morgan fingerprint density at radius 2 is 2.31 bits per heavy atom. The van der Waals surface area contributed by atoms with Gasteiger partial charge in [-0.15, -0.1) is 0 Å². The Kier molecular flexibility index (Phi) is 3.21. The van der Waals surface area contributed by atoms with Gasteiger partial charge in [0.25, 0.3) is 0 Å². The first kappa shape index (κ1) is 11.5. The van der Waals surface area contributed by atoms with Crippen molar-refractivity contribution in [3.8, 4) is 0 Å². The van der Waals surface area contributed by atoms with Gasteiger partial charge in [-0.1, -0.05) is 0 Å². The molecule has 1 fully saturated rings. The van der Waals surface area contributed by atoms with Crippen LogP contribution in [0.2, 0.25) is 0 Å². The van der Waals surface area contributed by atoms with E-state index in [9.17, 15) is 0 Å². The average Bonchev–Trinajstić information content (AvgIpc) is 2.66. The third-order valence-corrected chi connectivity index (χ3v) is 2.96. The van der Waals surface area contributed by atoms with Gasteiger partial charge in [0, 0.05) is 18.8 Å². The van der Waals surface area contributed by atoms with Gasteiger partial charge in [0.05, 0.1) is 5.69 Å². The van der Waals surface area contributed by atoms with E-state index in [-0.39, 0.29) is 5.60 Å². The van der Waals surface area contributed by atoms with E-state index in [2.05, 4.69) is 22.2 Å².